The van der Waals surface area contributed by atoms with Crippen LogP contribution in [0.2, 0.25) is 0 Å². The van der Waals surface area contributed by atoms with Crippen molar-refractivity contribution >= 4 is 5.78 Å². The second-order valence-corrected chi connectivity index (χ2v) is 3.32. The Morgan fingerprint density at radius 2 is 2.06 bits per heavy atom. The Balaban J connectivity index is 2.50. The number of imidazole rings is 1. The van der Waals surface area contributed by atoms with Gasteiger partial charge in [-0.1, -0.05) is 6.07 Å². The van der Waals surface area contributed by atoms with E-state index in [0.717, 1.165) is 0 Å². The van der Waals surface area contributed by atoms with Gasteiger partial charge in [-0.05, 0) is 18.6 Å². The van der Waals surface area contributed by atoms with Gasteiger partial charge >= 0.3 is 0 Å². The lowest BCUT2D eigenvalue weighted by molar-refractivity contribution is 0.102. The van der Waals surface area contributed by atoms with Gasteiger partial charge in [-0.15, -0.1) is 0 Å². The number of carbonyl (C=O) groups is 1. The minimum atomic E-state index is -1.14. The molecule has 0 fully saturated rings. The molecule has 0 aliphatic carbocycles. The molecule has 82 valence electrons. The van der Waals surface area contributed by atoms with E-state index in [-0.39, 0.29) is 17.0 Å². The molecule has 2 rings (SSSR count). The van der Waals surface area contributed by atoms with Crippen molar-refractivity contribution in [2.75, 3.05) is 0 Å². The monoisotopic (exact) mass is 222 g/mol. The summed E-state index contributed by atoms with van der Waals surface area (Å²) in [5, 5.41) is 0. The Morgan fingerprint density at radius 1 is 1.31 bits per heavy atom. The third-order valence-electron chi connectivity index (χ3n) is 2.23. The molecule has 1 aromatic carbocycles. The number of rotatable bonds is 2. The number of aromatic amines is 1. The Labute approximate surface area is 90.1 Å². The molecule has 0 saturated carbocycles. The molecule has 0 aliphatic heterocycles. The molecule has 1 aromatic heterocycles. The van der Waals surface area contributed by atoms with Crippen molar-refractivity contribution < 1.29 is 13.6 Å². The molecule has 0 bridgehead atoms. The highest BCUT2D eigenvalue weighted by Crippen LogP contribution is 2.17. The molecule has 5 heteroatoms. The predicted molar refractivity (Wildman–Crippen MR) is 53.1 cm³/mol. The molecule has 0 amide bonds. The van der Waals surface area contributed by atoms with E-state index in [1.807, 2.05) is 0 Å². The van der Waals surface area contributed by atoms with Crippen LogP contribution in [0, 0.1) is 18.6 Å². The van der Waals surface area contributed by atoms with E-state index >= 15 is 0 Å². The number of hydrogen-bond donors (Lipinski definition) is 1. The van der Waals surface area contributed by atoms with Gasteiger partial charge < -0.3 is 4.98 Å². The van der Waals surface area contributed by atoms with E-state index in [2.05, 4.69) is 9.97 Å². The lowest BCUT2D eigenvalue weighted by atomic mass is 10.1. The van der Waals surface area contributed by atoms with Crippen LogP contribution in [0.1, 0.15) is 21.7 Å². The summed E-state index contributed by atoms with van der Waals surface area (Å²) in [6.45, 7) is 1.43. The zero-order valence-electron chi connectivity index (χ0n) is 8.42. The van der Waals surface area contributed by atoms with Crippen molar-refractivity contribution in [3.05, 3.63) is 53.1 Å². The Bertz CT molecular complexity index is 535. The normalized spacial score (nSPS) is 10.4. The van der Waals surface area contributed by atoms with Crippen LogP contribution in [-0.2, 0) is 0 Å². The van der Waals surface area contributed by atoms with Crippen LogP contribution in [-0.4, -0.2) is 15.8 Å². The topological polar surface area (TPSA) is 45.8 Å². The Morgan fingerprint density at radius 3 is 2.69 bits per heavy atom. The fourth-order valence-corrected chi connectivity index (χ4v) is 1.34. The molecule has 0 aliphatic rings. The summed E-state index contributed by atoms with van der Waals surface area (Å²) in [5.41, 5.74) is -0.161. The number of H-pyrrole nitrogens is 1. The molecule has 3 nitrogen and oxygen atoms in total. The first-order chi connectivity index (χ1) is 7.61. The molecule has 1 N–H and O–H groups in total. The number of nitrogens with zero attached hydrogens (tertiary/aromatic N) is 1. The van der Waals surface area contributed by atoms with Gasteiger partial charge in [-0.2, -0.15) is 0 Å². The lowest BCUT2D eigenvalue weighted by Crippen LogP contribution is -2.08. The molecule has 0 atom stereocenters. The molecule has 2 aromatic rings. The van der Waals surface area contributed by atoms with Crippen LogP contribution in [0.4, 0.5) is 8.78 Å². The molecule has 0 unspecified atom stereocenters. The Hall–Kier alpha value is -2.04. The summed E-state index contributed by atoms with van der Waals surface area (Å²) in [6, 6.07) is 2.60. The summed E-state index contributed by atoms with van der Waals surface area (Å²) < 4.78 is 26.7. The second-order valence-electron chi connectivity index (χ2n) is 3.32. The van der Waals surface area contributed by atoms with Crippen LogP contribution in [0.3, 0.4) is 0 Å². The first-order valence-electron chi connectivity index (χ1n) is 4.60. The Kier molecular flexibility index (Phi) is 2.52. The van der Waals surface area contributed by atoms with Crippen molar-refractivity contribution in [3.8, 4) is 0 Å². The molecular weight excluding hydrogens is 214 g/mol. The van der Waals surface area contributed by atoms with Crippen LogP contribution in [0.15, 0.2) is 24.5 Å². The number of aromatic nitrogens is 2. The largest absolute Gasteiger partial charge is 0.342 e. The zero-order valence-corrected chi connectivity index (χ0v) is 8.42. The third kappa shape index (κ3) is 1.60. The van der Waals surface area contributed by atoms with E-state index < -0.39 is 17.4 Å². The highest BCUT2D eigenvalue weighted by atomic mass is 19.2. The highest BCUT2D eigenvalue weighted by Gasteiger charge is 2.19. The van der Waals surface area contributed by atoms with Crippen molar-refractivity contribution in [2.24, 2.45) is 0 Å². The summed E-state index contributed by atoms with van der Waals surface area (Å²) in [4.78, 5) is 17.9. The predicted octanol–water partition coefficient (Wildman–Crippen LogP) is 2.23. The number of hydrogen-bond acceptors (Lipinski definition) is 2. The number of aryl methyl sites for hydroxylation is 1. The van der Waals surface area contributed by atoms with Gasteiger partial charge in [-0.25, -0.2) is 13.8 Å². The number of carbonyl (C=O) groups excluding carboxylic acids is 1. The average Bonchev–Trinajstić information content (AvgIpc) is 2.79. The van der Waals surface area contributed by atoms with Gasteiger partial charge in [0, 0.05) is 12.4 Å². The number of halogens is 2. The molecule has 0 saturated heterocycles. The van der Waals surface area contributed by atoms with E-state index in [1.54, 1.807) is 0 Å². The second kappa shape index (κ2) is 3.84. The maximum Gasteiger partial charge on any atom is 0.231 e. The highest BCUT2D eigenvalue weighted by molar-refractivity contribution is 6.06. The first kappa shape index (κ1) is 10.5. The van der Waals surface area contributed by atoms with Crippen LogP contribution < -0.4 is 0 Å². The van der Waals surface area contributed by atoms with E-state index in [9.17, 15) is 13.6 Å². The van der Waals surface area contributed by atoms with Crippen molar-refractivity contribution in [3.63, 3.8) is 0 Å². The molecule has 0 spiro atoms. The minimum Gasteiger partial charge on any atom is -0.342 e. The van der Waals surface area contributed by atoms with Gasteiger partial charge in [0.1, 0.15) is 0 Å². The molecule has 0 radical (unpaired) electrons. The average molecular weight is 222 g/mol. The summed E-state index contributed by atoms with van der Waals surface area (Å²) in [7, 11) is 0. The van der Waals surface area contributed by atoms with Gasteiger partial charge in [0.05, 0.1) is 5.56 Å². The first-order valence-corrected chi connectivity index (χ1v) is 4.60. The maximum atomic E-state index is 13.5. The van der Waals surface area contributed by atoms with Crippen LogP contribution >= 0.6 is 0 Å². The standard InChI is InChI=1S/C11H8F2N2O/c1-6-2-3-7(9(13)8(6)12)10(16)11-14-4-5-15-11/h2-5H,1H3,(H,14,15). The molecule has 1 heterocycles. The SMILES string of the molecule is Cc1ccc(C(=O)c2ncc[nH]2)c(F)c1F. The van der Waals surface area contributed by atoms with Gasteiger partial charge in [0.15, 0.2) is 17.5 Å². The third-order valence-corrected chi connectivity index (χ3v) is 2.23. The van der Waals surface area contributed by atoms with E-state index in [1.165, 1.54) is 31.5 Å². The summed E-state index contributed by atoms with van der Waals surface area (Å²) >= 11 is 0. The van der Waals surface area contributed by atoms with Crippen molar-refractivity contribution in [1.29, 1.82) is 0 Å². The van der Waals surface area contributed by atoms with Crippen LogP contribution in [0.25, 0.3) is 0 Å². The summed E-state index contributed by atoms with van der Waals surface area (Å²) in [6.07, 6.45) is 2.81. The van der Waals surface area contributed by atoms with Crippen molar-refractivity contribution in [2.45, 2.75) is 6.92 Å². The lowest BCUT2D eigenvalue weighted by Gasteiger charge is -2.03. The van der Waals surface area contributed by atoms with E-state index in [0.29, 0.717) is 0 Å². The number of ketones is 1. The molecule has 16 heavy (non-hydrogen) atoms. The number of benzene rings is 1. The number of nitrogens with one attached hydrogen (secondary N) is 1. The quantitative estimate of drug-likeness (QED) is 0.792. The van der Waals surface area contributed by atoms with Gasteiger partial charge in [0.2, 0.25) is 5.78 Å². The molecular formula is C11H8F2N2O. The maximum absolute atomic E-state index is 13.5. The van der Waals surface area contributed by atoms with Crippen molar-refractivity contribution in [1.82, 2.24) is 9.97 Å². The van der Waals surface area contributed by atoms with Gasteiger partial charge in [0.25, 0.3) is 0 Å². The van der Waals surface area contributed by atoms with Crippen LogP contribution in [0.5, 0.6) is 0 Å². The fourth-order valence-electron chi connectivity index (χ4n) is 1.34. The fraction of sp³-hybridized carbons (Fsp3) is 0.0909. The van der Waals surface area contributed by atoms with E-state index in [4.69, 9.17) is 0 Å². The van der Waals surface area contributed by atoms with Gasteiger partial charge in [-0.3, -0.25) is 4.79 Å². The smallest absolute Gasteiger partial charge is 0.231 e. The zero-order chi connectivity index (χ0) is 11.7. The minimum absolute atomic E-state index is 0.0119. The summed E-state index contributed by atoms with van der Waals surface area (Å²) in [5.74, 6) is -2.82.